The van der Waals surface area contributed by atoms with E-state index in [0.29, 0.717) is 4.75 Å². The normalized spacial score (nSPS) is 23.9. The Morgan fingerprint density at radius 1 is 1.25 bits per heavy atom. The molecule has 3 heteroatoms. The third kappa shape index (κ3) is 3.10. The van der Waals surface area contributed by atoms with Crippen molar-refractivity contribution in [3.05, 3.63) is 60.1 Å². The average molecular weight is 287 g/mol. The van der Waals surface area contributed by atoms with Crippen LogP contribution < -0.4 is 5.32 Å². The zero-order valence-electron chi connectivity index (χ0n) is 11.8. The molecule has 0 spiro atoms. The summed E-state index contributed by atoms with van der Waals surface area (Å²) in [6, 6.07) is 14.7. The molecule has 0 amide bonds. The maximum absolute atomic E-state index is 5.63. The second-order valence-electron chi connectivity index (χ2n) is 5.64. The van der Waals surface area contributed by atoms with Gasteiger partial charge in [-0.2, -0.15) is 11.8 Å². The minimum Gasteiger partial charge on any atom is -0.467 e. The van der Waals surface area contributed by atoms with Crippen LogP contribution >= 0.6 is 11.8 Å². The Morgan fingerprint density at radius 3 is 2.75 bits per heavy atom. The van der Waals surface area contributed by atoms with Gasteiger partial charge in [0.05, 0.1) is 12.3 Å². The van der Waals surface area contributed by atoms with E-state index < -0.39 is 0 Å². The second-order valence-corrected chi connectivity index (χ2v) is 7.32. The van der Waals surface area contributed by atoms with Crippen LogP contribution in [-0.4, -0.2) is 17.0 Å². The van der Waals surface area contributed by atoms with Crippen LogP contribution in [-0.2, 0) is 0 Å². The van der Waals surface area contributed by atoms with Gasteiger partial charge in [-0.3, -0.25) is 0 Å². The average Bonchev–Trinajstić information content (AvgIpc) is 3.13. The lowest BCUT2D eigenvalue weighted by Crippen LogP contribution is -2.35. The van der Waals surface area contributed by atoms with Crippen molar-refractivity contribution in [3.63, 3.8) is 0 Å². The molecule has 1 aliphatic heterocycles. The molecule has 0 bridgehead atoms. The summed E-state index contributed by atoms with van der Waals surface area (Å²) in [5.41, 5.74) is 1.26. The lowest BCUT2D eigenvalue weighted by molar-refractivity contribution is 0.427. The largest absolute Gasteiger partial charge is 0.467 e. The molecular formula is C17H21NOS. The summed E-state index contributed by atoms with van der Waals surface area (Å²) in [6.07, 6.45) is 4.38. The van der Waals surface area contributed by atoms with Crippen LogP contribution in [0.25, 0.3) is 0 Å². The van der Waals surface area contributed by atoms with Crippen LogP contribution in [0.2, 0.25) is 0 Å². The number of furan rings is 1. The van der Waals surface area contributed by atoms with Gasteiger partial charge in [-0.25, -0.2) is 0 Å². The molecule has 2 atom stereocenters. The molecule has 1 saturated heterocycles. The summed E-state index contributed by atoms with van der Waals surface area (Å²) in [4.78, 5) is 0. The first-order valence-corrected chi connectivity index (χ1v) is 8.21. The highest BCUT2D eigenvalue weighted by Gasteiger charge is 2.30. The number of thioether (sulfide) groups is 1. The van der Waals surface area contributed by atoms with Crippen molar-refractivity contribution in [2.24, 2.45) is 0 Å². The van der Waals surface area contributed by atoms with E-state index in [1.165, 1.54) is 24.2 Å². The Labute approximate surface area is 125 Å². The lowest BCUT2D eigenvalue weighted by atomic mass is 10.0. The number of hydrogen-bond acceptors (Lipinski definition) is 3. The maximum Gasteiger partial charge on any atom is 0.125 e. The van der Waals surface area contributed by atoms with E-state index in [4.69, 9.17) is 4.42 Å². The molecule has 2 heterocycles. The molecule has 2 aromatic rings. The molecule has 1 N–H and O–H groups in total. The lowest BCUT2D eigenvalue weighted by Gasteiger charge is -2.26. The van der Waals surface area contributed by atoms with Gasteiger partial charge in [0.1, 0.15) is 5.76 Å². The first-order valence-electron chi connectivity index (χ1n) is 7.23. The van der Waals surface area contributed by atoms with Gasteiger partial charge in [0.25, 0.3) is 0 Å². The molecule has 20 heavy (non-hydrogen) atoms. The van der Waals surface area contributed by atoms with E-state index >= 15 is 0 Å². The highest BCUT2D eigenvalue weighted by molar-refractivity contribution is 8.00. The van der Waals surface area contributed by atoms with Crippen LogP contribution in [0.3, 0.4) is 0 Å². The molecule has 0 saturated carbocycles. The van der Waals surface area contributed by atoms with Crippen molar-refractivity contribution in [1.82, 2.24) is 5.32 Å². The van der Waals surface area contributed by atoms with Gasteiger partial charge in [0.15, 0.2) is 0 Å². The molecule has 0 aliphatic carbocycles. The Morgan fingerprint density at radius 2 is 2.10 bits per heavy atom. The van der Waals surface area contributed by atoms with Gasteiger partial charge < -0.3 is 9.73 Å². The number of rotatable bonds is 5. The highest BCUT2D eigenvalue weighted by atomic mass is 32.2. The summed E-state index contributed by atoms with van der Waals surface area (Å²) in [5.74, 6) is 2.28. The van der Waals surface area contributed by atoms with Crippen LogP contribution in [0, 0.1) is 0 Å². The first-order chi connectivity index (χ1) is 9.77. The van der Waals surface area contributed by atoms with Gasteiger partial charge >= 0.3 is 0 Å². The Kier molecular flexibility index (Phi) is 4.18. The predicted molar refractivity (Wildman–Crippen MR) is 85.1 cm³/mol. The van der Waals surface area contributed by atoms with Gasteiger partial charge in [-0.15, -0.1) is 0 Å². The van der Waals surface area contributed by atoms with Crippen molar-refractivity contribution in [1.29, 1.82) is 0 Å². The Bertz CT molecular complexity index is 517. The van der Waals surface area contributed by atoms with Crippen molar-refractivity contribution in [2.75, 3.05) is 12.3 Å². The Balaban J connectivity index is 1.76. The summed E-state index contributed by atoms with van der Waals surface area (Å²) in [5, 5.41) is 3.71. The third-order valence-corrected chi connectivity index (χ3v) is 5.48. The quantitative estimate of drug-likeness (QED) is 0.890. The SMILES string of the molecule is CC1(CNC(c2ccccc2)c2ccco2)CCCS1. The summed E-state index contributed by atoms with van der Waals surface area (Å²) in [6.45, 7) is 3.37. The minimum atomic E-state index is 0.143. The van der Waals surface area contributed by atoms with Crippen LogP contribution in [0.5, 0.6) is 0 Å². The molecule has 0 radical (unpaired) electrons. The third-order valence-electron chi connectivity index (χ3n) is 3.94. The topological polar surface area (TPSA) is 25.2 Å². The monoisotopic (exact) mass is 287 g/mol. The van der Waals surface area contributed by atoms with Crippen LogP contribution in [0.4, 0.5) is 0 Å². The number of benzene rings is 1. The van der Waals surface area contributed by atoms with E-state index in [2.05, 4.69) is 60.4 Å². The molecule has 106 valence electrons. The van der Waals surface area contributed by atoms with E-state index in [1.54, 1.807) is 6.26 Å². The minimum absolute atomic E-state index is 0.143. The Hall–Kier alpha value is -1.19. The fraction of sp³-hybridized carbons (Fsp3) is 0.412. The standard InChI is InChI=1S/C17H21NOS/c1-17(10-6-12-20-17)13-18-16(15-9-5-11-19-15)14-7-3-2-4-8-14/h2-5,7-9,11,16,18H,6,10,12-13H2,1H3. The number of hydrogen-bond donors (Lipinski definition) is 1. The molecule has 2 nitrogen and oxygen atoms in total. The van der Waals surface area contributed by atoms with Crippen molar-refractivity contribution >= 4 is 11.8 Å². The van der Waals surface area contributed by atoms with Crippen LogP contribution in [0.15, 0.2) is 53.1 Å². The maximum atomic E-state index is 5.63. The fourth-order valence-corrected chi connectivity index (χ4v) is 4.03. The van der Waals surface area contributed by atoms with Gasteiger partial charge in [-0.05, 0) is 43.2 Å². The van der Waals surface area contributed by atoms with Crippen molar-refractivity contribution < 1.29 is 4.42 Å². The molecule has 1 aliphatic rings. The first kappa shape index (κ1) is 13.8. The molecule has 1 fully saturated rings. The van der Waals surface area contributed by atoms with Gasteiger partial charge in [-0.1, -0.05) is 30.3 Å². The van der Waals surface area contributed by atoms with Crippen molar-refractivity contribution in [2.45, 2.75) is 30.6 Å². The molecule has 3 rings (SSSR count). The van der Waals surface area contributed by atoms with E-state index in [9.17, 15) is 0 Å². The van der Waals surface area contributed by atoms with E-state index in [-0.39, 0.29) is 6.04 Å². The highest BCUT2D eigenvalue weighted by Crippen LogP contribution is 2.37. The van der Waals surface area contributed by atoms with Gasteiger partial charge in [0.2, 0.25) is 0 Å². The van der Waals surface area contributed by atoms with Gasteiger partial charge in [0, 0.05) is 11.3 Å². The molecule has 2 unspecified atom stereocenters. The summed E-state index contributed by atoms with van der Waals surface area (Å²) < 4.78 is 5.99. The fourth-order valence-electron chi connectivity index (χ4n) is 2.78. The predicted octanol–water partition coefficient (Wildman–Crippen LogP) is 4.24. The second kappa shape index (κ2) is 6.06. The summed E-state index contributed by atoms with van der Waals surface area (Å²) >= 11 is 2.09. The van der Waals surface area contributed by atoms with Crippen LogP contribution in [0.1, 0.15) is 37.1 Å². The van der Waals surface area contributed by atoms with E-state index in [1.807, 2.05) is 6.07 Å². The number of nitrogens with one attached hydrogen (secondary N) is 1. The van der Waals surface area contributed by atoms with E-state index in [0.717, 1.165) is 12.3 Å². The smallest absolute Gasteiger partial charge is 0.125 e. The molecular weight excluding hydrogens is 266 g/mol. The van der Waals surface area contributed by atoms with Crippen molar-refractivity contribution in [3.8, 4) is 0 Å². The molecule has 1 aromatic heterocycles. The molecule has 1 aromatic carbocycles. The zero-order valence-corrected chi connectivity index (χ0v) is 12.7. The zero-order chi connectivity index (χ0) is 13.8. The summed E-state index contributed by atoms with van der Waals surface area (Å²) in [7, 11) is 0.